The van der Waals surface area contributed by atoms with E-state index >= 15 is 0 Å². The molecule has 0 unspecified atom stereocenters. The van der Waals surface area contributed by atoms with Gasteiger partial charge in [-0.2, -0.15) is 26.3 Å². The van der Waals surface area contributed by atoms with Gasteiger partial charge in [0.05, 0.1) is 15.3 Å². The average Bonchev–Trinajstić information content (AvgIpc) is 3.42. The van der Waals surface area contributed by atoms with E-state index in [1.807, 2.05) is 48.5 Å². The Morgan fingerprint density at radius 1 is 0.547 bits per heavy atom. The highest BCUT2D eigenvalue weighted by Gasteiger charge is 2.46. The number of halogens is 6. The van der Waals surface area contributed by atoms with Crippen molar-refractivity contribution >= 4 is 11.4 Å². The molecular weight excluding hydrogens is 710 g/mol. The van der Waals surface area contributed by atoms with Crippen LogP contribution in [0.25, 0.3) is 11.1 Å². The van der Waals surface area contributed by atoms with E-state index in [-0.39, 0.29) is 11.5 Å². The maximum absolute atomic E-state index is 13.8. The third-order valence-electron chi connectivity index (χ3n) is 8.66. The molecule has 0 atom stereocenters. The molecule has 0 fully saturated rings. The van der Waals surface area contributed by atoms with Gasteiger partial charge in [0.25, 0.3) is 11.4 Å². The van der Waals surface area contributed by atoms with Crippen LogP contribution in [-0.4, -0.2) is 19.8 Å². The minimum Gasteiger partial charge on any atom is -0.438 e. The summed E-state index contributed by atoms with van der Waals surface area (Å²) in [5.41, 5.74) is -0.928. The van der Waals surface area contributed by atoms with Crippen molar-refractivity contribution in [1.29, 1.82) is 0 Å². The third kappa shape index (κ3) is 6.13. The second-order valence-electron chi connectivity index (χ2n) is 11.7. The Morgan fingerprint density at radius 2 is 0.906 bits per heavy atom. The van der Waals surface area contributed by atoms with E-state index in [1.165, 1.54) is 24.3 Å². The second kappa shape index (κ2) is 12.7. The summed E-state index contributed by atoms with van der Waals surface area (Å²) in [7, 11) is 0. The first-order valence-electron chi connectivity index (χ1n) is 15.4. The van der Waals surface area contributed by atoms with Crippen LogP contribution in [0.15, 0.2) is 122 Å². The Hall–Kier alpha value is -6.84. The average molecular weight is 731 g/mol. The molecule has 6 aromatic rings. The molecule has 10 nitrogen and oxygen atoms in total. The molecule has 2 aromatic heterocycles. The first kappa shape index (κ1) is 34.6. The summed E-state index contributed by atoms with van der Waals surface area (Å²) >= 11 is 0. The molecule has 0 aliphatic heterocycles. The van der Waals surface area contributed by atoms with Gasteiger partial charge in [-0.05, 0) is 57.6 Å². The fourth-order valence-corrected chi connectivity index (χ4v) is 6.44. The molecule has 16 heteroatoms. The number of hydrogen-bond acceptors (Lipinski definition) is 8. The van der Waals surface area contributed by atoms with E-state index in [4.69, 9.17) is 9.47 Å². The van der Waals surface area contributed by atoms with Gasteiger partial charge in [-0.25, -0.2) is 9.97 Å². The Balaban J connectivity index is 1.31. The van der Waals surface area contributed by atoms with Gasteiger partial charge in [0, 0.05) is 12.1 Å². The fraction of sp³-hybridized carbons (Fsp3) is 0.0811. The molecule has 266 valence electrons. The van der Waals surface area contributed by atoms with Crippen LogP contribution in [0.1, 0.15) is 33.4 Å². The van der Waals surface area contributed by atoms with Gasteiger partial charge in [0.15, 0.2) is 0 Å². The van der Waals surface area contributed by atoms with Crippen molar-refractivity contribution in [2.24, 2.45) is 0 Å². The topological polar surface area (TPSA) is 131 Å². The molecule has 0 amide bonds. The third-order valence-corrected chi connectivity index (χ3v) is 8.66. The Labute approximate surface area is 294 Å². The number of alkyl halides is 6. The molecule has 0 N–H and O–H groups in total. The number of nitro groups is 2. The zero-order chi connectivity index (χ0) is 37.7. The van der Waals surface area contributed by atoms with Gasteiger partial charge in [-0.15, -0.1) is 0 Å². The highest BCUT2D eigenvalue weighted by molar-refractivity contribution is 5.86. The van der Waals surface area contributed by atoms with Crippen LogP contribution < -0.4 is 9.47 Å². The highest BCUT2D eigenvalue weighted by atomic mass is 19.4. The van der Waals surface area contributed by atoms with E-state index in [1.54, 1.807) is 24.3 Å². The Kier molecular flexibility index (Phi) is 8.31. The second-order valence-corrected chi connectivity index (χ2v) is 11.7. The van der Waals surface area contributed by atoms with Gasteiger partial charge in [-0.1, -0.05) is 72.8 Å². The predicted octanol–water partition coefficient (Wildman–Crippen LogP) is 10.3. The summed E-state index contributed by atoms with van der Waals surface area (Å²) < 4.78 is 93.9. The van der Waals surface area contributed by atoms with Crippen LogP contribution in [0.3, 0.4) is 0 Å². The summed E-state index contributed by atoms with van der Waals surface area (Å²) in [6.07, 6.45) is -8.69. The normalized spacial score (nSPS) is 13.2. The van der Waals surface area contributed by atoms with Crippen LogP contribution >= 0.6 is 0 Å². The minimum absolute atomic E-state index is 0.0462. The van der Waals surface area contributed by atoms with Gasteiger partial charge in [0.2, 0.25) is 11.8 Å². The number of pyridine rings is 2. The number of benzene rings is 4. The number of hydrogen-bond donors (Lipinski definition) is 0. The molecule has 0 saturated heterocycles. The van der Waals surface area contributed by atoms with Gasteiger partial charge in [-0.3, -0.25) is 20.2 Å². The molecule has 0 spiro atoms. The van der Waals surface area contributed by atoms with Crippen LogP contribution in [0, 0.1) is 20.2 Å². The lowest BCUT2D eigenvalue weighted by Crippen LogP contribution is -2.28. The lowest BCUT2D eigenvalue weighted by Gasteiger charge is -2.34. The molecule has 0 bridgehead atoms. The van der Waals surface area contributed by atoms with Crippen LogP contribution in [0.5, 0.6) is 23.3 Å². The number of rotatable bonds is 8. The van der Waals surface area contributed by atoms with Crippen molar-refractivity contribution in [3.05, 3.63) is 175 Å². The molecule has 4 aromatic carbocycles. The van der Waals surface area contributed by atoms with E-state index in [0.717, 1.165) is 22.3 Å². The maximum atomic E-state index is 13.8. The number of nitrogens with zero attached hydrogens (tertiary/aromatic N) is 4. The Morgan fingerprint density at radius 3 is 1.25 bits per heavy atom. The summed E-state index contributed by atoms with van der Waals surface area (Å²) in [6.45, 7) is 0. The van der Waals surface area contributed by atoms with Crippen molar-refractivity contribution in [3.8, 4) is 34.4 Å². The van der Waals surface area contributed by atoms with Crippen molar-refractivity contribution in [3.63, 3.8) is 0 Å². The van der Waals surface area contributed by atoms with Crippen molar-refractivity contribution in [2.45, 2.75) is 17.8 Å². The minimum atomic E-state index is -5.01. The summed E-state index contributed by atoms with van der Waals surface area (Å²) in [4.78, 5) is 27.3. The smallest absolute Gasteiger partial charge is 0.421 e. The zero-order valence-corrected chi connectivity index (χ0v) is 26.6. The fourth-order valence-electron chi connectivity index (χ4n) is 6.44. The quantitative estimate of drug-likeness (QED) is 0.0858. The molecule has 1 aliphatic carbocycles. The Bertz CT molecular complexity index is 2230. The van der Waals surface area contributed by atoms with Gasteiger partial charge >= 0.3 is 12.4 Å². The lowest BCUT2D eigenvalue weighted by molar-refractivity contribution is -0.385. The summed E-state index contributed by atoms with van der Waals surface area (Å²) in [5, 5.41) is 22.2. The predicted molar refractivity (Wildman–Crippen MR) is 176 cm³/mol. The summed E-state index contributed by atoms with van der Waals surface area (Å²) in [6, 6.07) is 28.1. The largest absolute Gasteiger partial charge is 0.438 e. The zero-order valence-electron chi connectivity index (χ0n) is 26.6. The van der Waals surface area contributed by atoms with Crippen LogP contribution in [0.2, 0.25) is 0 Å². The highest BCUT2D eigenvalue weighted by Crippen LogP contribution is 2.56. The molecular formula is C37H20F6N4O6. The van der Waals surface area contributed by atoms with Crippen molar-refractivity contribution in [1.82, 2.24) is 9.97 Å². The standard InChI is InChI=1S/C37H20F6N4O6/c38-36(39,40)31-17-23(46(48)49)19-44-33(31)52-25-13-9-21(10-14-25)35(29-7-3-1-5-27(29)28-6-2-4-8-30(28)35)22-11-15-26(16-12-22)53-34-32(37(41,42)43)18-24(20-45-34)47(50)51/h1-20H. The SMILES string of the molecule is O=[N+]([O-])c1cnc(Oc2ccc(C3(c4ccc(Oc5ncc([N+](=O)[O-])cc5C(F)(F)F)cc4)c4ccccc4-c4ccccc43)cc2)c(C(F)(F)F)c1. The van der Waals surface area contributed by atoms with Crippen LogP contribution in [-0.2, 0) is 17.8 Å². The first-order valence-corrected chi connectivity index (χ1v) is 15.4. The van der Waals surface area contributed by atoms with Crippen LogP contribution in [0.4, 0.5) is 37.7 Å². The molecule has 0 radical (unpaired) electrons. The van der Waals surface area contributed by atoms with Crippen molar-refractivity contribution < 1.29 is 45.7 Å². The van der Waals surface area contributed by atoms with Gasteiger partial charge < -0.3 is 9.47 Å². The lowest BCUT2D eigenvalue weighted by atomic mass is 9.68. The number of ether oxygens (including phenoxy) is 2. The van der Waals surface area contributed by atoms with Crippen molar-refractivity contribution in [2.75, 3.05) is 0 Å². The van der Waals surface area contributed by atoms with E-state index < -0.39 is 61.9 Å². The number of aromatic nitrogens is 2. The molecule has 0 saturated carbocycles. The first-order chi connectivity index (χ1) is 25.2. The molecule has 7 rings (SSSR count). The number of fused-ring (bicyclic) bond motifs is 3. The van der Waals surface area contributed by atoms with E-state index in [0.29, 0.717) is 35.7 Å². The van der Waals surface area contributed by atoms with E-state index in [2.05, 4.69) is 9.97 Å². The monoisotopic (exact) mass is 730 g/mol. The van der Waals surface area contributed by atoms with Gasteiger partial charge in [0.1, 0.15) is 35.0 Å². The summed E-state index contributed by atoms with van der Waals surface area (Å²) in [5.74, 6) is -1.85. The molecule has 2 heterocycles. The molecule has 1 aliphatic rings. The van der Waals surface area contributed by atoms with E-state index in [9.17, 15) is 46.6 Å². The maximum Gasteiger partial charge on any atom is 0.421 e. The molecule has 53 heavy (non-hydrogen) atoms.